The zero-order valence-electron chi connectivity index (χ0n) is 13.8. The minimum atomic E-state index is 0.274. The number of amides is 1. The normalized spacial score (nSPS) is 15.8. The topological polar surface area (TPSA) is 41.6 Å². The Kier molecular flexibility index (Phi) is 6.72. The van der Waals surface area contributed by atoms with Crippen molar-refractivity contribution in [3.05, 3.63) is 29.8 Å². The first-order valence-corrected chi connectivity index (χ1v) is 8.31. The molecule has 122 valence electrons. The smallest absolute Gasteiger partial charge is 0.222 e. The van der Waals surface area contributed by atoms with Crippen molar-refractivity contribution in [2.45, 2.75) is 32.6 Å². The number of piperidine rings is 1. The van der Waals surface area contributed by atoms with Gasteiger partial charge in [0.15, 0.2) is 0 Å². The Hall–Kier alpha value is -1.55. The molecule has 0 unspecified atom stereocenters. The highest BCUT2D eigenvalue weighted by atomic mass is 16.5. The van der Waals surface area contributed by atoms with Crippen molar-refractivity contribution < 1.29 is 9.53 Å². The molecular weight excluding hydrogens is 276 g/mol. The van der Waals surface area contributed by atoms with Gasteiger partial charge >= 0.3 is 0 Å². The number of likely N-dealkylation sites (tertiary alicyclic amines) is 1. The molecule has 0 saturated carbocycles. The van der Waals surface area contributed by atoms with Crippen molar-refractivity contribution >= 4 is 5.91 Å². The number of hydrogen-bond donors (Lipinski definition) is 1. The third-order valence-electron chi connectivity index (χ3n) is 4.25. The molecule has 0 radical (unpaired) electrons. The molecule has 1 aromatic carbocycles. The highest BCUT2D eigenvalue weighted by Gasteiger charge is 2.21. The van der Waals surface area contributed by atoms with Crippen LogP contribution in [-0.4, -0.2) is 44.1 Å². The van der Waals surface area contributed by atoms with Crippen molar-refractivity contribution in [1.82, 2.24) is 10.2 Å². The van der Waals surface area contributed by atoms with Crippen molar-refractivity contribution in [2.75, 3.05) is 33.3 Å². The van der Waals surface area contributed by atoms with Crippen LogP contribution < -0.4 is 10.1 Å². The van der Waals surface area contributed by atoms with Gasteiger partial charge in [-0.1, -0.05) is 12.1 Å². The van der Waals surface area contributed by atoms with Gasteiger partial charge in [-0.3, -0.25) is 4.79 Å². The lowest BCUT2D eigenvalue weighted by molar-refractivity contribution is -0.132. The SMILES string of the molecule is CNCC1CCN(C(=O)CCCOc2cccc(C)c2)CC1. The maximum atomic E-state index is 12.2. The van der Waals surface area contributed by atoms with Crippen molar-refractivity contribution in [2.24, 2.45) is 5.92 Å². The summed E-state index contributed by atoms with van der Waals surface area (Å²) in [7, 11) is 1.99. The molecule has 0 aliphatic carbocycles. The number of ether oxygens (including phenoxy) is 1. The average molecular weight is 304 g/mol. The average Bonchev–Trinajstić information content (AvgIpc) is 2.52. The van der Waals surface area contributed by atoms with Crippen LogP contribution in [-0.2, 0) is 4.79 Å². The number of carbonyl (C=O) groups is 1. The third kappa shape index (κ3) is 5.34. The zero-order chi connectivity index (χ0) is 15.8. The van der Waals surface area contributed by atoms with Gasteiger partial charge in [0.1, 0.15) is 5.75 Å². The van der Waals surface area contributed by atoms with Crippen LogP contribution in [0.2, 0.25) is 0 Å². The first kappa shape index (κ1) is 16.8. The summed E-state index contributed by atoms with van der Waals surface area (Å²) in [5, 5.41) is 3.22. The Bertz CT molecular complexity index is 468. The number of nitrogens with zero attached hydrogens (tertiary/aromatic N) is 1. The summed E-state index contributed by atoms with van der Waals surface area (Å²) in [4.78, 5) is 14.2. The summed E-state index contributed by atoms with van der Waals surface area (Å²) in [6.45, 7) is 5.53. The Morgan fingerprint density at radius 2 is 2.14 bits per heavy atom. The van der Waals surface area contributed by atoms with Crippen LogP contribution in [0.3, 0.4) is 0 Å². The molecule has 1 aliphatic rings. The summed E-state index contributed by atoms with van der Waals surface area (Å²) in [5.41, 5.74) is 1.19. The van der Waals surface area contributed by atoms with E-state index in [0.29, 0.717) is 13.0 Å². The molecule has 2 rings (SSSR count). The molecule has 1 aliphatic heterocycles. The number of nitrogens with one attached hydrogen (secondary N) is 1. The predicted octanol–water partition coefficient (Wildman–Crippen LogP) is 2.61. The van der Waals surface area contributed by atoms with Gasteiger partial charge in [-0.2, -0.15) is 0 Å². The summed E-state index contributed by atoms with van der Waals surface area (Å²) >= 11 is 0. The van der Waals surface area contributed by atoms with Crippen LogP contribution in [0, 0.1) is 12.8 Å². The molecule has 0 aromatic heterocycles. The van der Waals surface area contributed by atoms with Crippen molar-refractivity contribution in [3.63, 3.8) is 0 Å². The van der Waals surface area contributed by atoms with Gasteiger partial charge in [-0.25, -0.2) is 0 Å². The first-order chi connectivity index (χ1) is 10.7. The Labute approximate surface area is 133 Å². The molecular formula is C18H28N2O2. The van der Waals surface area contributed by atoms with E-state index in [-0.39, 0.29) is 5.91 Å². The summed E-state index contributed by atoms with van der Waals surface area (Å²) < 4.78 is 5.69. The summed E-state index contributed by atoms with van der Waals surface area (Å²) in [6, 6.07) is 8.02. The lowest BCUT2D eigenvalue weighted by atomic mass is 9.96. The van der Waals surface area contributed by atoms with Crippen molar-refractivity contribution in [1.29, 1.82) is 0 Å². The van der Waals surface area contributed by atoms with Gasteiger partial charge in [0.05, 0.1) is 6.61 Å². The molecule has 1 fully saturated rings. The van der Waals surface area contributed by atoms with Gasteiger partial charge in [-0.15, -0.1) is 0 Å². The molecule has 1 heterocycles. The maximum Gasteiger partial charge on any atom is 0.222 e. The molecule has 1 amide bonds. The fourth-order valence-electron chi connectivity index (χ4n) is 2.95. The van der Waals surface area contributed by atoms with Crippen molar-refractivity contribution in [3.8, 4) is 5.75 Å². The Morgan fingerprint density at radius 1 is 1.36 bits per heavy atom. The molecule has 0 bridgehead atoms. The number of rotatable bonds is 7. The number of benzene rings is 1. The molecule has 4 heteroatoms. The fraction of sp³-hybridized carbons (Fsp3) is 0.611. The highest BCUT2D eigenvalue weighted by molar-refractivity contribution is 5.76. The first-order valence-electron chi connectivity index (χ1n) is 8.31. The van der Waals surface area contributed by atoms with E-state index in [2.05, 4.69) is 5.32 Å². The molecule has 1 N–H and O–H groups in total. The van der Waals surface area contributed by atoms with Gasteiger partial charge in [-0.05, 0) is 63.4 Å². The molecule has 1 saturated heterocycles. The molecule has 1 aromatic rings. The van der Waals surface area contributed by atoms with Gasteiger partial charge < -0.3 is 15.0 Å². The van der Waals surface area contributed by atoms with Crippen LogP contribution in [0.1, 0.15) is 31.2 Å². The minimum Gasteiger partial charge on any atom is -0.494 e. The monoisotopic (exact) mass is 304 g/mol. The molecule has 0 atom stereocenters. The second-order valence-corrected chi connectivity index (χ2v) is 6.15. The number of aryl methyl sites for hydroxylation is 1. The summed E-state index contributed by atoms with van der Waals surface area (Å²) in [6.07, 6.45) is 3.60. The third-order valence-corrected chi connectivity index (χ3v) is 4.25. The predicted molar refractivity (Wildman–Crippen MR) is 89.1 cm³/mol. The van der Waals surface area contributed by atoms with Crippen LogP contribution in [0.15, 0.2) is 24.3 Å². The number of carbonyl (C=O) groups excluding carboxylic acids is 1. The quantitative estimate of drug-likeness (QED) is 0.787. The minimum absolute atomic E-state index is 0.274. The highest BCUT2D eigenvalue weighted by Crippen LogP contribution is 2.17. The molecule has 22 heavy (non-hydrogen) atoms. The summed E-state index contributed by atoms with van der Waals surface area (Å²) in [5.74, 6) is 1.88. The van der Waals surface area contributed by atoms with E-state index in [0.717, 1.165) is 50.6 Å². The van der Waals surface area contributed by atoms with Gasteiger partial charge in [0.25, 0.3) is 0 Å². The molecule has 4 nitrogen and oxygen atoms in total. The van der Waals surface area contributed by atoms with Crippen LogP contribution in [0.4, 0.5) is 0 Å². The molecule has 0 spiro atoms. The fourth-order valence-corrected chi connectivity index (χ4v) is 2.95. The Balaban J connectivity index is 1.62. The van der Waals surface area contributed by atoms with Gasteiger partial charge in [0, 0.05) is 19.5 Å². The zero-order valence-corrected chi connectivity index (χ0v) is 13.8. The lowest BCUT2D eigenvalue weighted by Gasteiger charge is -2.32. The Morgan fingerprint density at radius 3 is 2.82 bits per heavy atom. The van der Waals surface area contributed by atoms with E-state index in [1.54, 1.807) is 0 Å². The second-order valence-electron chi connectivity index (χ2n) is 6.15. The lowest BCUT2D eigenvalue weighted by Crippen LogP contribution is -2.40. The number of hydrogen-bond acceptors (Lipinski definition) is 3. The van der Waals surface area contributed by atoms with E-state index in [1.807, 2.05) is 43.1 Å². The van der Waals surface area contributed by atoms with E-state index >= 15 is 0 Å². The maximum absolute atomic E-state index is 12.2. The van der Waals surface area contributed by atoms with Gasteiger partial charge in [0.2, 0.25) is 5.91 Å². The van der Waals surface area contributed by atoms with Crippen LogP contribution >= 0.6 is 0 Å². The van der Waals surface area contributed by atoms with E-state index in [4.69, 9.17) is 4.74 Å². The second kappa shape index (κ2) is 8.79. The van der Waals surface area contributed by atoms with E-state index in [1.165, 1.54) is 5.56 Å². The standard InChI is InChI=1S/C18H28N2O2/c1-15-5-3-6-17(13-15)22-12-4-7-18(21)20-10-8-16(9-11-20)14-19-2/h3,5-6,13,16,19H,4,7-12,14H2,1-2H3. The van der Waals surface area contributed by atoms with Crippen LogP contribution in [0.5, 0.6) is 5.75 Å². The van der Waals surface area contributed by atoms with Crippen LogP contribution in [0.25, 0.3) is 0 Å². The largest absolute Gasteiger partial charge is 0.494 e. The van der Waals surface area contributed by atoms with E-state index < -0.39 is 0 Å². The van der Waals surface area contributed by atoms with E-state index in [9.17, 15) is 4.79 Å².